The molecule has 1 aromatic carbocycles. The normalized spacial score (nSPS) is 19.6. The molecule has 198 valence electrons. The van der Waals surface area contributed by atoms with E-state index in [9.17, 15) is 4.79 Å². The van der Waals surface area contributed by atoms with Crippen LogP contribution in [0, 0.1) is 0 Å². The maximum atomic E-state index is 12.6. The maximum Gasteiger partial charge on any atom is 0.508 e. The Morgan fingerprint density at radius 1 is 1.11 bits per heavy atom. The molecule has 0 amide bonds. The summed E-state index contributed by atoms with van der Waals surface area (Å²) in [5, 5.41) is 2.07. The fourth-order valence-electron chi connectivity index (χ4n) is 5.07. The first kappa shape index (κ1) is 29.3. The molecule has 2 atom stereocenters. The van der Waals surface area contributed by atoms with E-state index in [1.165, 1.54) is 0 Å². The molecule has 0 radical (unpaired) electrons. The molecular formula is C29H47NO5. The van der Waals surface area contributed by atoms with Gasteiger partial charge in [0.1, 0.15) is 18.8 Å². The second kappa shape index (κ2) is 13.4. The zero-order valence-electron chi connectivity index (χ0n) is 23.0. The molecule has 1 aliphatic heterocycles. The molecule has 0 spiro atoms. The van der Waals surface area contributed by atoms with Crippen molar-refractivity contribution in [2.75, 3.05) is 13.7 Å². The van der Waals surface area contributed by atoms with Gasteiger partial charge in [0, 0.05) is 18.2 Å². The van der Waals surface area contributed by atoms with Crippen LogP contribution in [0.3, 0.4) is 0 Å². The molecule has 1 aliphatic rings. The Balaban J connectivity index is 2.16. The minimum atomic E-state index is -0.638. The lowest BCUT2D eigenvalue weighted by atomic mass is 9.80. The average Bonchev–Trinajstić information content (AvgIpc) is 2.82. The summed E-state index contributed by atoms with van der Waals surface area (Å²) in [4.78, 5) is 19.2. The molecule has 1 fully saturated rings. The number of nitrogens with zero attached hydrogens (tertiary/aromatic N) is 1. The predicted octanol–water partition coefficient (Wildman–Crippen LogP) is 7.48. The van der Waals surface area contributed by atoms with Crippen molar-refractivity contribution in [1.82, 2.24) is 5.06 Å². The van der Waals surface area contributed by atoms with Crippen LogP contribution >= 0.6 is 0 Å². The Hall–Kier alpha value is -1.89. The molecule has 0 N–H and O–H groups in total. The fourth-order valence-corrected chi connectivity index (χ4v) is 5.07. The number of methoxy groups -OCH3 is 1. The average molecular weight is 490 g/mol. The number of carbonyl (C=O) groups is 1. The first-order chi connectivity index (χ1) is 16.6. The van der Waals surface area contributed by atoms with Crippen molar-refractivity contribution in [3.8, 4) is 0 Å². The monoisotopic (exact) mass is 489 g/mol. The minimum Gasteiger partial charge on any atom is -0.431 e. The molecule has 1 aromatic rings. The summed E-state index contributed by atoms with van der Waals surface area (Å²) in [5.41, 5.74) is 1.41. The van der Waals surface area contributed by atoms with Crippen molar-refractivity contribution in [2.24, 2.45) is 0 Å². The van der Waals surface area contributed by atoms with Crippen LogP contribution in [0.4, 0.5) is 4.79 Å². The van der Waals surface area contributed by atoms with Gasteiger partial charge in [0.2, 0.25) is 0 Å². The summed E-state index contributed by atoms with van der Waals surface area (Å²) in [6.45, 7) is 16.7. The highest BCUT2D eigenvalue weighted by atomic mass is 16.7. The Labute approximate surface area is 212 Å². The van der Waals surface area contributed by atoms with Gasteiger partial charge in [0.25, 0.3) is 0 Å². The lowest BCUT2D eigenvalue weighted by Gasteiger charge is -2.54. The molecule has 2 unspecified atom stereocenters. The van der Waals surface area contributed by atoms with Gasteiger partial charge in [-0.05, 0) is 70.9 Å². The quantitative estimate of drug-likeness (QED) is 0.211. The number of carbonyl (C=O) groups excluding carboxylic acids is 1. The van der Waals surface area contributed by atoms with Gasteiger partial charge in [0.05, 0.1) is 6.10 Å². The van der Waals surface area contributed by atoms with E-state index >= 15 is 0 Å². The van der Waals surface area contributed by atoms with Crippen molar-refractivity contribution >= 4 is 12.2 Å². The predicted molar refractivity (Wildman–Crippen MR) is 141 cm³/mol. The molecule has 1 heterocycles. The van der Waals surface area contributed by atoms with Gasteiger partial charge in [-0.15, -0.1) is 0 Å². The van der Waals surface area contributed by atoms with Crippen LogP contribution in [-0.4, -0.2) is 48.2 Å². The first-order valence-electron chi connectivity index (χ1n) is 13.1. The third-order valence-corrected chi connectivity index (χ3v) is 6.86. The third-order valence-electron chi connectivity index (χ3n) is 6.86. The summed E-state index contributed by atoms with van der Waals surface area (Å²) >= 11 is 0. The first-order valence-corrected chi connectivity index (χ1v) is 13.1. The van der Waals surface area contributed by atoms with E-state index in [2.05, 4.69) is 46.3 Å². The lowest BCUT2D eigenvalue weighted by Crippen LogP contribution is -2.62. The number of unbranched alkanes of at least 4 members (excludes halogenated alkanes) is 2. The summed E-state index contributed by atoms with van der Waals surface area (Å²) in [5.74, 6) is 0. The van der Waals surface area contributed by atoms with Crippen LogP contribution in [0.15, 0.2) is 30.8 Å². The largest absolute Gasteiger partial charge is 0.508 e. The van der Waals surface area contributed by atoms with Gasteiger partial charge in [-0.1, -0.05) is 63.6 Å². The van der Waals surface area contributed by atoms with Crippen molar-refractivity contribution in [1.29, 1.82) is 0 Å². The van der Waals surface area contributed by atoms with Crippen molar-refractivity contribution in [2.45, 2.75) is 116 Å². The van der Waals surface area contributed by atoms with Crippen LogP contribution in [0.5, 0.6) is 0 Å². The fraction of sp³-hybridized carbons (Fsp3) is 0.690. The molecule has 0 aliphatic carbocycles. The number of piperidine rings is 1. The van der Waals surface area contributed by atoms with Crippen molar-refractivity contribution < 1.29 is 23.8 Å². The van der Waals surface area contributed by atoms with E-state index in [0.29, 0.717) is 0 Å². The number of rotatable bonds is 13. The molecule has 1 saturated heterocycles. The Kier molecular flexibility index (Phi) is 11.3. The Bertz CT molecular complexity index is 771. The number of ether oxygens (including phenoxy) is 3. The molecular weight excluding hydrogens is 442 g/mol. The van der Waals surface area contributed by atoms with Crippen LogP contribution in [0.2, 0.25) is 0 Å². The molecule has 2 rings (SSSR count). The van der Waals surface area contributed by atoms with Gasteiger partial charge in [-0.2, -0.15) is 5.06 Å². The van der Waals surface area contributed by atoms with E-state index < -0.39 is 12.3 Å². The van der Waals surface area contributed by atoms with E-state index in [0.717, 1.165) is 56.1 Å². The standard InChI is InChI=1S/C29H47NO5/c1-9-12-13-14-24(11-3)34-27(31)33-21-26(23-17-15-22(10-2)16-18-23)35-30-28(4,5)19-25(32-8)20-29(30,6)7/h10,15-18,24-26H,2,9,11-14,19-21H2,1,3-8H3. The number of hydrogen-bond acceptors (Lipinski definition) is 6. The Morgan fingerprint density at radius 2 is 1.74 bits per heavy atom. The van der Waals surface area contributed by atoms with E-state index in [1.807, 2.05) is 31.2 Å². The summed E-state index contributed by atoms with van der Waals surface area (Å²) in [6, 6.07) is 7.98. The summed E-state index contributed by atoms with van der Waals surface area (Å²) < 4.78 is 16.9. The smallest absolute Gasteiger partial charge is 0.431 e. The van der Waals surface area contributed by atoms with Crippen molar-refractivity contribution in [3.05, 3.63) is 42.0 Å². The molecule has 6 heteroatoms. The zero-order chi connectivity index (χ0) is 26.1. The van der Waals surface area contributed by atoms with E-state index in [1.54, 1.807) is 13.2 Å². The second-order valence-corrected chi connectivity index (χ2v) is 10.9. The highest BCUT2D eigenvalue weighted by molar-refractivity contribution is 5.60. The van der Waals surface area contributed by atoms with Crippen LogP contribution in [0.25, 0.3) is 6.08 Å². The molecule has 0 bridgehead atoms. The van der Waals surface area contributed by atoms with Gasteiger partial charge in [-0.3, -0.25) is 4.84 Å². The SMILES string of the molecule is C=Cc1ccc(C(COC(=O)OC(CC)CCCCC)ON2C(C)(C)CC(OC)CC2(C)C)cc1. The van der Waals surface area contributed by atoms with E-state index in [-0.39, 0.29) is 29.9 Å². The van der Waals surface area contributed by atoms with Crippen LogP contribution in [0.1, 0.15) is 104 Å². The minimum absolute atomic E-state index is 0.0635. The summed E-state index contributed by atoms with van der Waals surface area (Å²) in [7, 11) is 1.77. The highest BCUT2D eigenvalue weighted by Gasteiger charge is 2.47. The zero-order valence-corrected chi connectivity index (χ0v) is 23.0. The number of hydrogen-bond donors (Lipinski definition) is 0. The van der Waals surface area contributed by atoms with Crippen LogP contribution in [-0.2, 0) is 19.0 Å². The van der Waals surface area contributed by atoms with Gasteiger partial charge in [0.15, 0.2) is 0 Å². The number of hydroxylamine groups is 2. The molecule has 6 nitrogen and oxygen atoms in total. The maximum absolute atomic E-state index is 12.6. The van der Waals surface area contributed by atoms with Crippen LogP contribution < -0.4 is 0 Å². The van der Waals surface area contributed by atoms with Gasteiger partial charge >= 0.3 is 6.16 Å². The summed E-state index contributed by atoms with van der Waals surface area (Å²) in [6.07, 6.45) is 7.38. The van der Waals surface area contributed by atoms with Crippen molar-refractivity contribution in [3.63, 3.8) is 0 Å². The lowest BCUT2D eigenvalue weighted by molar-refractivity contribution is -0.321. The second-order valence-electron chi connectivity index (χ2n) is 10.9. The van der Waals surface area contributed by atoms with Gasteiger partial charge in [-0.25, -0.2) is 4.79 Å². The van der Waals surface area contributed by atoms with E-state index in [4.69, 9.17) is 19.0 Å². The topological polar surface area (TPSA) is 57.2 Å². The molecule has 35 heavy (non-hydrogen) atoms. The molecule has 0 aromatic heterocycles. The third kappa shape index (κ3) is 8.62. The Morgan fingerprint density at radius 3 is 2.26 bits per heavy atom. The highest BCUT2D eigenvalue weighted by Crippen LogP contribution is 2.41. The molecule has 0 saturated carbocycles. The van der Waals surface area contributed by atoms with Gasteiger partial charge < -0.3 is 14.2 Å². The number of benzene rings is 1.